The Hall–Kier alpha value is -1.68. The summed E-state index contributed by atoms with van der Waals surface area (Å²) in [5, 5.41) is 3.62. The first-order chi connectivity index (χ1) is 8.70. The monoisotopic (exact) mass is 304 g/mol. The predicted molar refractivity (Wildman–Crippen MR) is 76.0 cm³/mol. The molecule has 0 aliphatic heterocycles. The Balaban J connectivity index is 2.21. The summed E-state index contributed by atoms with van der Waals surface area (Å²) in [7, 11) is 0. The molecule has 1 aromatic carbocycles. The van der Waals surface area contributed by atoms with Gasteiger partial charge in [0, 0.05) is 28.5 Å². The van der Waals surface area contributed by atoms with Gasteiger partial charge in [0.05, 0.1) is 0 Å². The fourth-order valence-electron chi connectivity index (χ4n) is 1.64. The van der Waals surface area contributed by atoms with E-state index in [1.54, 1.807) is 18.3 Å². The molecular formula is C14H13BrN2O. The lowest BCUT2D eigenvalue weighted by atomic mass is 10.1. The van der Waals surface area contributed by atoms with Gasteiger partial charge in [-0.25, -0.2) is 0 Å². The van der Waals surface area contributed by atoms with Crippen LogP contribution in [0.3, 0.4) is 0 Å². The number of anilines is 1. The van der Waals surface area contributed by atoms with Crippen LogP contribution in [0.4, 0.5) is 5.69 Å². The van der Waals surface area contributed by atoms with Crippen LogP contribution in [-0.2, 0) is 5.33 Å². The molecule has 0 saturated carbocycles. The highest BCUT2D eigenvalue weighted by Gasteiger charge is 2.08. The second-order valence-electron chi connectivity index (χ2n) is 3.93. The summed E-state index contributed by atoms with van der Waals surface area (Å²) in [5.41, 5.74) is 3.33. The molecule has 0 unspecified atom stereocenters. The van der Waals surface area contributed by atoms with Crippen LogP contribution in [-0.4, -0.2) is 10.9 Å². The number of rotatable bonds is 3. The van der Waals surface area contributed by atoms with Crippen molar-refractivity contribution in [2.45, 2.75) is 12.3 Å². The molecule has 0 bridgehead atoms. The molecule has 1 heterocycles. The average molecular weight is 305 g/mol. The number of halogens is 1. The van der Waals surface area contributed by atoms with Gasteiger partial charge in [0.25, 0.3) is 5.91 Å². The first kappa shape index (κ1) is 12.8. The maximum atomic E-state index is 12.1. The molecule has 0 aliphatic rings. The Labute approximate surface area is 114 Å². The van der Waals surface area contributed by atoms with Crippen molar-refractivity contribution in [1.82, 2.24) is 4.98 Å². The van der Waals surface area contributed by atoms with Gasteiger partial charge in [0.2, 0.25) is 0 Å². The second kappa shape index (κ2) is 5.78. The molecule has 0 spiro atoms. The highest BCUT2D eigenvalue weighted by atomic mass is 79.9. The number of pyridine rings is 1. The Kier molecular flexibility index (Phi) is 4.10. The fourth-order valence-corrected chi connectivity index (χ4v) is 2.13. The van der Waals surface area contributed by atoms with Gasteiger partial charge in [-0.1, -0.05) is 34.1 Å². The van der Waals surface area contributed by atoms with Gasteiger partial charge in [-0.15, -0.1) is 0 Å². The molecule has 0 atom stereocenters. The van der Waals surface area contributed by atoms with Crippen LogP contribution < -0.4 is 5.32 Å². The van der Waals surface area contributed by atoms with Gasteiger partial charge in [-0.05, 0) is 30.7 Å². The van der Waals surface area contributed by atoms with Gasteiger partial charge in [-0.3, -0.25) is 9.78 Å². The summed E-state index contributed by atoms with van der Waals surface area (Å²) >= 11 is 3.40. The lowest BCUT2D eigenvalue weighted by Gasteiger charge is -2.09. The molecule has 2 aromatic rings. The second-order valence-corrected chi connectivity index (χ2v) is 4.49. The van der Waals surface area contributed by atoms with E-state index in [4.69, 9.17) is 0 Å². The SMILES string of the molecule is Cc1cc(C(=O)Nc2ccccc2CBr)ccn1. The zero-order valence-electron chi connectivity index (χ0n) is 9.98. The largest absolute Gasteiger partial charge is 0.322 e. The maximum absolute atomic E-state index is 12.1. The average Bonchev–Trinajstić information content (AvgIpc) is 2.39. The number of nitrogens with zero attached hydrogens (tertiary/aromatic N) is 1. The third kappa shape index (κ3) is 2.96. The van der Waals surface area contributed by atoms with E-state index in [1.165, 1.54) is 0 Å². The van der Waals surface area contributed by atoms with Gasteiger partial charge >= 0.3 is 0 Å². The van der Waals surface area contributed by atoms with E-state index in [2.05, 4.69) is 26.2 Å². The lowest BCUT2D eigenvalue weighted by Crippen LogP contribution is -2.13. The van der Waals surface area contributed by atoms with Crippen molar-refractivity contribution in [1.29, 1.82) is 0 Å². The third-order valence-corrected chi connectivity index (χ3v) is 3.17. The molecule has 3 nitrogen and oxygen atoms in total. The number of nitrogens with one attached hydrogen (secondary N) is 1. The summed E-state index contributed by atoms with van der Waals surface area (Å²) < 4.78 is 0. The molecule has 1 N–H and O–H groups in total. The molecule has 92 valence electrons. The van der Waals surface area contributed by atoms with Crippen LogP contribution in [0.1, 0.15) is 21.6 Å². The number of aryl methyl sites for hydroxylation is 1. The molecule has 1 amide bonds. The van der Waals surface area contributed by atoms with Crippen LogP contribution in [0.15, 0.2) is 42.6 Å². The molecule has 0 aliphatic carbocycles. The summed E-state index contributed by atoms with van der Waals surface area (Å²) in [6, 6.07) is 11.2. The Morgan fingerprint density at radius 3 is 2.83 bits per heavy atom. The van der Waals surface area contributed by atoms with Crippen molar-refractivity contribution in [3.63, 3.8) is 0 Å². The van der Waals surface area contributed by atoms with Gasteiger partial charge < -0.3 is 5.32 Å². The van der Waals surface area contributed by atoms with Crippen molar-refractivity contribution in [2.75, 3.05) is 5.32 Å². The number of alkyl halides is 1. The van der Waals surface area contributed by atoms with E-state index < -0.39 is 0 Å². The van der Waals surface area contributed by atoms with Crippen LogP contribution in [0, 0.1) is 6.92 Å². The minimum atomic E-state index is -0.117. The quantitative estimate of drug-likeness (QED) is 0.881. The fraction of sp³-hybridized carbons (Fsp3) is 0.143. The van der Waals surface area contributed by atoms with Crippen LogP contribution in [0.2, 0.25) is 0 Å². The minimum Gasteiger partial charge on any atom is -0.322 e. The zero-order chi connectivity index (χ0) is 13.0. The number of aromatic nitrogens is 1. The topological polar surface area (TPSA) is 42.0 Å². The molecule has 0 saturated heterocycles. The predicted octanol–water partition coefficient (Wildman–Crippen LogP) is 3.54. The van der Waals surface area contributed by atoms with E-state index in [-0.39, 0.29) is 5.91 Å². The van der Waals surface area contributed by atoms with Crippen molar-refractivity contribution < 1.29 is 4.79 Å². The molecule has 1 aromatic heterocycles. The van der Waals surface area contributed by atoms with E-state index in [1.807, 2.05) is 31.2 Å². The first-order valence-corrected chi connectivity index (χ1v) is 6.70. The molecule has 0 radical (unpaired) electrons. The first-order valence-electron chi connectivity index (χ1n) is 5.58. The normalized spacial score (nSPS) is 10.1. The van der Waals surface area contributed by atoms with Crippen molar-refractivity contribution in [3.05, 3.63) is 59.4 Å². The van der Waals surface area contributed by atoms with E-state index in [9.17, 15) is 4.79 Å². The van der Waals surface area contributed by atoms with Gasteiger partial charge in [0.15, 0.2) is 0 Å². The number of hydrogen-bond donors (Lipinski definition) is 1. The maximum Gasteiger partial charge on any atom is 0.255 e. The number of amides is 1. The smallest absolute Gasteiger partial charge is 0.255 e. The zero-order valence-corrected chi connectivity index (χ0v) is 11.6. The van der Waals surface area contributed by atoms with Crippen molar-refractivity contribution in [2.24, 2.45) is 0 Å². The van der Waals surface area contributed by atoms with E-state index >= 15 is 0 Å². The molecule has 0 fully saturated rings. The van der Waals surface area contributed by atoms with Crippen molar-refractivity contribution >= 4 is 27.5 Å². The Morgan fingerprint density at radius 1 is 1.33 bits per heavy atom. The molecule has 4 heteroatoms. The summed E-state index contributed by atoms with van der Waals surface area (Å²) in [6.45, 7) is 1.86. The standard InChI is InChI=1S/C14H13BrN2O/c1-10-8-11(6-7-16-10)14(18)17-13-5-3-2-4-12(13)9-15/h2-8H,9H2,1H3,(H,17,18). The summed E-state index contributed by atoms with van der Waals surface area (Å²) in [5.74, 6) is -0.117. The van der Waals surface area contributed by atoms with Crippen LogP contribution >= 0.6 is 15.9 Å². The highest BCUT2D eigenvalue weighted by Crippen LogP contribution is 2.18. The number of para-hydroxylation sites is 1. The van der Waals surface area contributed by atoms with Crippen LogP contribution in [0.25, 0.3) is 0 Å². The number of carbonyl (C=O) groups is 1. The summed E-state index contributed by atoms with van der Waals surface area (Å²) in [6.07, 6.45) is 1.64. The summed E-state index contributed by atoms with van der Waals surface area (Å²) in [4.78, 5) is 16.2. The Morgan fingerprint density at radius 2 is 2.11 bits per heavy atom. The highest BCUT2D eigenvalue weighted by molar-refractivity contribution is 9.08. The lowest BCUT2D eigenvalue weighted by molar-refractivity contribution is 0.102. The molecule has 18 heavy (non-hydrogen) atoms. The van der Waals surface area contributed by atoms with Gasteiger partial charge in [-0.2, -0.15) is 0 Å². The van der Waals surface area contributed by atoms with Crippen molar-refractivity contribution in [3.8, 4) is 0 Å². The van der Waals surface area contributed by atoms with Crippen LogP contribution in [0.5, 0.6) is 0 Å². The van der Waals surface area contributed by atoms with E-state index in [0.29, 0.717) is 10.9 Å². The Bertz CT molecular complexity index is 569. The molecule has 2 rings (SSSR count). The third-order valence-electron chi connectivity index (χ3n) is 2.57. The number of benzene rings is 1. The van der Waals surface area contributed by atoms with Gasteiger partial charge in [0.1, 0.15) is 0 Å². The minimum absolute atomic E-state index is 0.117. The van der Waals surface area contributed by atoms with E-state index in [0.717, 1.165) is 16.9 Å². The number of hydrogen-bond acceptors (Lipinski definition) is 2. The molecular weight excluding hydrogens is 292 g/mol. The number of carbonyl (C=O) groups excluding carboxylic acids is 1.